The van der Waals surface area contributed by atoms with E-state index in [0.29, 0.717) is 37.2 Å². The van der Waals surface area contributed by atoms with Crippen molar-refractivity contribution in [2.24, 2.45) is 10.9 Å². The fourth-order valence-corrected chi connectivity index (χ4v) is 11.5. The van der Waals surface area contributed by atoms with Gasteiger partial charge in [-0.25, -0.2) is 0 Å². The van der Waals surface area contributed by atoms with Crippen molar-refractivity contribution in [1.29, 1.82) is 0 Å². The second-order valence-electron chi connectivity index (χ2n) is 18.0. The first kappa shape index (κ1) is 50.9. The molecule has 0 bridgehead atoms. The second-order valence-corrected chi connectivity index (χ2v) is 20.7. The highest BCUT2D eigenvalue weighted by Gasteiger charge is 2.39. The van der Waals surface area contributed by atoms with Crippen LogP contribution in [0.25, 0.3) is 5.00 Å². The van der Waals surface area contributed by atoms with Crippen LogP contribution in [0.3, 0.4) is 0 Å². The number of likely N-dealkylation sites (tertiary alicyclic amines) is 1. The zero-order chi connectivity index (χ0) is 47.5. The van der Waals surface area contributed by atoms with E-state index in [0.717, 1.165) is 115 Å². The minimum absolute atomic E-state index is 0.0972. The number of thiophene rings is 1. The summed E-state index contributed by atoms with van der Waals surface area (Å²) in [4.78, 5) is 51.6. The largest absolute Gasteiger partial charge is 0.491 e. The highest BCUT2D eigenvalue weighted by atomic mass is 127. The molecule has 3 amide bonds. The van der Waals surface area contributed by atoms with Crippen LogP contribution in [-0.2, 0) is 25.5 Å². The average Bonchev–Trinajstić information content (AvgIpc) is 4.02. The minimum Gasteiger partial charge on any atom is -0.491 e. The maximum atomic E-state index is 14.2. The lowest BCUT2D eigenvalue weighted by Gasteiger charge is -2.37. The van der Waals surface area contributed by atoms with Crippen LogP contribution >= 0.6 is 45.5 Å². The predicted octanol–water partition coefficient (Wildman–Crippen LogP) is 7.34. The van der Waals surface area contributed by atoms with Crippen molar-refractivity contribution in [2.75, 3.05) is 64.0 Å². The van der Waals surface area contributed by atoms with E-state index >= 15 is 0 Å². The van der Waals surface area contributed by atoms with E-state index in [4.69, 9.17) is 26.1 Å². The molecule has 1 unspecified atom stereocenters. The average molecular weight is 1070 g/mol. The number of ether oxygens (including phenoxy) is 2. The smallest absolute Gasteiger partial charge is 0.245 e. The van der Waals surface area contributed by atoms with Crippen LogP contribution in [0, 0.1) is 26.7 Å². The van der Waals surface area contributed by atoms with Gasteiger partial charge < -0.3 is 35.2 Å². The summed E-state index contributed by atoms with van der Waals surface area (Å²) in [6.07, 6.45) is 8.36. The predicted molar refractivity (Wildman–Crippen MR) is 274 cm³/mol. The Kier molecular flexibility index (Phi) is 18.7. The molecule has 1 saturated heterocycles. The van der Waals surface area contributed by atoms with Crippen molar-refractivity contribution < 1.29 is 23.9 Å². The van der Waals surface area contributed by atoms with Crippen LogP contribution in [0.1, 0.15) is 103 Å². The van der Waals surface area contributed by atoms with Gasteiger partial charge in [-0.2, -0.15) is 0 Å². The third kappa shape index (κ3) is 13.0. The van der Waals surface area contributed by atoms with Crippen molar-refractivity contribution in [3.63, 3.8) is 0 Å². The SMILES string of the molecule is CN[C@@H](C)C(=O)N[C@H](C(=O)N1CCCC1CN(CCI)CCc1ccc(OCCOCCNC(=O)C[C@@H]2N=C(c3ccc(Cl)cc3)c3c(sc(C)c3C)-n3c(C)nnc32)cc1)C1CCCCC1. The third-order valence-electron chi connectivity index (χ3n) is 13.5. The molecule has 2 aromatic carbocycles. The number of rotatable bonds is 22. The topological polar surface area (TPSA) is 155 Å². The lowest BCUT2D eigenvalue weighted by molar-refractivity contribution is -0.139. The van der Waals surface area contributed by atoms with Crippen molar-refractivity contribution in [2.45, 2.75) is 110 Å². The van der Waals surface area contributed by atoms with E-state index in [9.17, 15) is 14.4 Å². The number of carbonyl (C=O) groups is 3. The number of hydrogen-bond acceptors (Lipinski definition) is 11. The highest BCUT2D eigenvalue weighted by Crippen LogP contribution is 2.40. The molecular weight excluding hydrogens is 1000 g/mol. The summed E-state index contributed by atoms with van der Waals surface area (Å²) in [5, 5.41) is 19.8. The normalized spacial score (nSPS) is 18.2. The van der Waals surface area contributed by atoms with Gasteiger partial charge in [0.2, 0.25) is 17.7 Å². The second kappa shape index (κ2) is 24.6. The number of benzene rings is 2. The van der Waals surface area contributed by atoms with Crippen LogP contribution in [-0.4, -0.2) is 130 Å². The molecule has 4 atom stereocenters. The standard InChI is InChI=1S/C50H67ClIN9O5S/c1-32-34(3)67-50-44(32)45(38-15-17-39(51)18-16-38)55-42(47-58-57-35(4)61(47)50)30-43(62)54-23-27-65-28-29-66-41-19-13-36(14-20-41)21-25-59(26-22-52)31-40-12-9-24-60(40)49(64)46(37-10-7-6-8-11-37)56-48(63)33(2)53-5/h13-20,33,37,40,42,46,53H,6-12,21-31H2,1-5H3,(H,54,62)(H,56,63)/t33-,40?,42-,46-/m0/s1. The van der Waals surface area contributed by atoms with Gasteiger partial charge in [0.15, 0.2) is 5.82 Å². The van der Waals surface area contributed by atoms with Gasteiger partial charge in [-0.15, -0.1) is 21.5 Å². The first-order chi connectivity index (χ1) is 32.4. The van der Waals surface area contributed by atoms with Gasteiger partial charge in [0.1, 0.15) is 35.3 Å². The van der Waals surface area contributed by atoms with Crippen molar-refractivity contribution in [1.82, 2.24) is 40.5 Å². The molecule has 1 aliphatic carbocycles. The molecule has 3 aliphatic rings. The Morgan fingerprint density at radius 3 is 2.45 bits per heavy atom. The van der Waals surface area contributed by atoms with E-state index in [1.807, 2.05) is 54.8 Å². The fourth-order valence-electron chi connectivity index (χ4n) is 9.47. The number of hydrogen-bond donors (Lipinski definition) is 3. The first-order valence-electron chi connectivity index (χ1n) is 23.9. The number of nitrogens with zero attached hydrogens (tertiary/aromatic N) is 6. The summed E-state index contributed by atoms with van der Waals surface area (Å²) in [5.41, 5.74) is 5.13. The number of nitrogens with one attached hydrogen (secondary N) is 3. The Bertz CT molecular complexity index is 2320. The number of fused-ring (bicyclic) bond motifs is 3. The van der Waals surface area contributed by atoms with Gasteiger partial charge in [-0.1, -0.05) is 77.7 Å². The molecule has 17 heteroatoms. The molecule has 2 aliphatic heterocycles. The van der Waals surface area contributed by atoms with Crippen LogP contribution in [0.15, 0.2) is 53.5 Å². The highest BCUT2D eigenvalue weighted by molar-refractivity contribution is 14.1. The fraction of sp³-hybridized carbons (Fsp3) is 0.560. The number of aromatic nitrogens is 3. The zero-order valence-corrected chi connectivity index (χ0v) is 43.4. The van der Waals surface area contributed by atoms with Gasteiger partial charge in [0, 0.05) is 64.2 Å². The van der Waals surface area contributed by atoms with Gasteiger partial charge in [0.05, 0.1) is 31.4 Å². The molecule has 4 aromatic rings. The summed E-state index contributed by atoms with van der Waals surface area (Å²) in [6.45, 7) is 12.9. The van der Waals surface area contributed by atoms with E-state index in [-0.39, 0.29) is 42.1 Å². The monoisotopic (exact) mass is 1070 g/mol. The third-order valence-corrected chi connectivity index (χ3v) is 15.4. The number of halogens is 2. The maximum absolute atomic E-state index is 14.2. The Labute approximate surface area is 418 Å². The molecule has 2 fully saturated rings. The van der Waals surface area contributed by atoms with Crippen LogP contribution in [0.2, 0.25) is 5.02 Å². The van der Waals surface area contributed by atoms with Crippen LogP contribution in [0.5, 0.6) is 5.75 Å². The lowest BCUT2D eigenvalue weighted by atomic mass is 9.83. The number of alkyl halides is 1. The maximum Gasteiger partial charge on any atom is 0.245 e. The van der Waals surface area contributed by atoms with Crippen molar-refractivity contribution in [3.05, 3.63) is 92.3 Å². The molecular formula is C50H67ClIN9O5S. The molecule has 0 radical (unpaired) electrons. The van der Waals surface area contributed by atoms with E-state index in [2.05, 4.69) is 84.5 Å². The number of likely N-dealkylation sites (N-methyl/N-ethyl adjacent to an activating group) is 1. The molecule has 3 N–H and O–H groups in total. The van der Waals surface area contributed by atoms with Crippen LogP contribution in [0.4, 0.5) is 0 Å². The number of aryl methyl sites for hydroxylation is 2. The lowest BCUT2D eigenvalue weighted by Crippen LogP contribution is -2.57. The van der Waals surface area contributed by atoms with E-state index in [1.165, 1.54) is 16.9 Å². The Morgan fingerprint density at radius 2 is 1.72 bits per heavy atom. The summed E-state index contributed by atoms with van der Waals surface area (Å²) >= 11 is 10.4. The number of aliphatic imine (C=N–C) groups is 1. The molecule has 7 rings (SSSR count). The van der Waals surface area contributed by atoms with Crippen molar-refractivity contribution in [3.8, 4) is 10.8 Å². The molecule has 67 heavy (non-hydrogen) atoms. The summed E-state index contributed by atoms with van der Waals surface area (Å²) in [6, 6.07) is 14.7. The number of amides is 3. The van der Waals surface area contributed by atoms with E-state index in [1.54, 1.807) is 18.4 Å². The molecule has 2 aromatic heterocycles. The Balaban J connectivity index is 0.843. The van der Waals surface area contributed by atoms with Gasteiger partial charge in [0.25, 0.3) is 0 Å². The van der Waals surface area contributed by atoms with Crippen LogP contribution < -0.4 is 20.7 Å². The molecule has 0 spiro atoms. The molecule has 4 heterocycles. The summed E-state index contributed by atoms with van der Waals surface area (Å²) in [5.74, 6) is 2.20. The quantitative estimate of drug-likeness (QED) is 0.0417. The first-order valence-corrected chi connectivity index (χ1v) is 26.7. The molecule has 362 valence electrons. The minimum atomic E-state index is -0.541. The molecule has 14 nitrogen and oxygen atoms in total. The van der Waals surface area contributed by atoms with Gasteiger partial charge in [-0.3, -0.25) is 23.9 Å². The number of carbonyl (C=O) groups excluding carboxylic acids is 3. The zero-order valence-electron chi connectivity index (χ0n) is 39.6. The van der Waals surface area contributed by atoms with E-state index < -0.39 is 12.1 Å². The Morgan fingerprint density at radius 1 is 0.955 bits per heavy atom. The summed E-state index contributed by atoms with van der Waals surface area (Å²) < 4.78 is 14.9. The summed E-state index contributed by atoms with van der Waals surface area (Å²) in [7, 11) is 1.78. The van der Waals surface area contributed by atoms with Gasteiger partial charge in [-0.05, 0) is 108 Å². The molecule has 1 saturated carbocycles. The Hall–Kier alpha value is -3.94. The van der Waals surface area contributed by atoms with Gasteiger partial charge >= 0.3 is 0 Å². The van der Waals surface area contributed by atoms with Crippen molar-refractivity contribution >= 4 is 69.0 Å².